The van der Waals surface area contributed by atoms with E-state index in [4.69, 9.17) is 4.74 Å². The number of hydrogen-bond acceptors (Lipinski definition) is 5. The van der Waals surface area contributed by atoms with Crippen molar-refractivity contribution < 1.29 is 23.9 Å². The molecular formula is C11H15NO5. The van der Waals surface area contributed by atoms with Gasteiger partial charge in [0.05, 0.1) is 13.0 Å². The first-order chi connectivity index (χ1) is 8.04. The predicted molar refractivity (Wildman–Crippen MR) is 57.9 cm³/mol. The molecular weight excluding hydrogens is 226 g/mol. The summed E-state index contributed by atoms with van der Waals surface area (Å²) in [6.07, 6.45) is 2.64. The molecule has 1 amide bonds. The van der Waals surface area contributed by atoms with Crippen molar-refractivity contribution in [3.63, 3.8) is 0 Å². The third kappa shape index (κ3) is 3.90. The zero-order chi connectivity index (χ0) is 12.8. The number of rotatable bonds is 4. The predicted octanol–water partition coefficient (Wildman–Crippen LogP) is -0.263. The van der Waals surface area contributed by atoms with E-state index in [1.54, 1.807) is 11.9 Å². The number of carbonyl (C=O) groups excluding carboxylic acids is 3. The van der Waals surface area contributed by atoms with E-state index in [0.29, 0.717) is 13.0 Å². The number of nitrogens with zero attached hydrogens (tertiary/aromatic N) is 1. The molecule has 6 nitrogen and oxygen atoms in total. The molecule has 1 saturated heterocycles. The van der Waals surface area contributed by atoms with Gasteiger partial charge in [-0.05, 0) is 6.42 Å². The highest BCUT2D eigenvalue weighted by atomic mass is 16.5. The molecule has 1 fully saturated rings. The van der Waals surface area contributed by atoms with Crippen molar-refractivity contribution in [1.29, 1.82) is 0 Å². The van der Waals surface area contributed by atoms with Gasteiger partial charge in [-0.15, -0.1) is 0 Å². The summed E-state index contributed by atoms with van der Waals surface area (Å²) in [6.45, 7) is 0.729. The summed E-state index contributed by atoms with van der Waals surface area (Å²) in [4.78, 5) is 34.9. The fourth-order valence-corrected chi connectivity index (χ4v) is 1.48. The first-order valence-electron chi connectivity index (χ1n) is 5.22. The second-order valence-electron chi connectivity index (χ2n) is 3.73. The summed E-state index contributed by atoms with van der Waals surface area (Å²) < 4.78 is 9.17. The van der Waals surface area contributed by atoms with Crippen LogP contribution in [-0.2, 0) is 23.9 Å². The van der Waals surface area contributed by atoms with E-state index in [2.05, 4.69) is 4.74 Å². The van der Waals surface area contributed by atoms with Crippen LogP contribution in [0.4, 0.5) is 0 Å². The number of ether oxygens (including phenoxy) is 2. The van der Waals surface area contributed by atoms with Gasteiger partial charge in [-0.3, -0.25) is 4.79 Å². The molecule has 0 aliphatic carbocycles. The Hall–Kier alpha value is -1.85. The first kappa shape index (κ1) is 13.2. The van der Waals surface area contributed by atoms with Crippen LogP contribution in [0.15, 0.2) is 12.2 Å². The summed E-state index contributed by atoms with van der Waals surface area (Å²) in [5.41, 5.74) is 0. The largest absolute Gasteiger partial charge is 0.466 e. The quantitative estimate of drug-likeness (QED) is 0.500. The Balaban J connectivity index is 2.31. The smallest absolute Gasteiger partial charge is 0.331 e. The molecule has 1 unspecified atom stereocenters. The fourth-order valence-electron chi connectivity index (χ4n) is 1.48. The molecule has 0 aromatic rings. The third-order valence-corrected chi connectivity index (χ3v) is 2.52. The van der Waals surface area contributed by atoms with Gasteiger partial charge < -0.3 is 14.4 Å². The normalized spacial score (nSPS) is 19.8. The zero-order valence-corrected chi connectivity index (χ0v) is 9.84. The molecule has 0 aromatic heterocycles. The summed E-state index contributed by atoms with van der Waals surface area (Å²) in [7, 11) is 2.92. The summed E-state index contributed by atoms with van der Waals surface area (Å²) in [5.74, 6) is -1.57. The lowest BCUT2D eigenvalue weighted by atomic mass is 10.1. The maximum Gasteiger partial charge on any atom is 0.331 e. The monoisotopic (exact) mass is 241 g/mol. The van der Waals surface area contributed by atoms with Crippen molar-refractivity contribution in [3.05, 3.63) is 12.2 Å². The van der Waals surface area contributed by atoms with Crippen molar-refractivity contribution >= 4 is 17.8 Å². The minimum Gasteiger partial charge on any atom is -0.466 e. The molecule has 0 radical (unpaired) electrons. The average Bonchev–Trinajstić information content (AvgIpc) is 2.64. The highest BCUT2D eigenvalue weighted by Crippen LogP contribution is 2.16. The fraction of sp³-hybridized carbons (Fsp3) is 0.545. The molecule has 1 rings (SSSR count). The Morgan fingerprint density at radius 2 is 2.06 bits per heavy atom. The van der Waals surface area contributed by atoms with Gasteiger partial charge >= 0.3 is 11.9 Å². The molecule has 1 heterocycles. The van der Waals surface area contributed by atoms with Gasteiger partial charge in [0.25, 0.3) is 0 Å². The number of hydrogen-bond donors (Lipinski definition) is 0. The summed E-state index contributed by atoms with van der Waals surface area (Å²) in [6, 6.07) is 0. The summed E-state index contributed by atoms with van der Waals surface area (Å²) >= 11 is 0. The van der Waals surface area contributed by atoms with E-state index < -0.39 is 11.9 Å². The number of carbonyl (C=O) groups is 3. The van der Waals surface area contributed by atoms with Crippen LogP contribution >= 0.6 is 0 Å². The van der Waals surface area contributed by atoms with E-state index >= 15 is 0 Å². The number of methoxy groups -OCH3 is 1. The minimum atomic E-state index is -0.655. The molecule has 1 aliphatic heterocycles. The average molecular weight is 241 g/mol. The molecule has 0 saturated carbocycles. The molecule has 1 aliphatic rings. The third-order valence-electron chi connectivity index (χ3n) is 2.52. The van der Waals surface area contributed by atoms with Crippen LogP contribution in [0.2, 0.25) is 0 Å². The Labute approximate surface area is 99.2 Å². The maximum atomic E-state index is 11.5. The molecule has 0 N–H and O–H groups in total. The maximum absolute atomic E-state index is 11.5. The number of likely N-dealkylation sites (tertiary alicyclic amines) is 1. The lowest BCUT2D eigenvalue weighted by Gasteiger charge is -2.09. The molecule has 94 valence electrons. The first-order valence-corrected chi connectivity index (χ1v) is 5.22. The van der Waals surface area contributed by atoms with Gasteiger partial charge in [0.15, 0.2) is 0 Å². The molecule has 17 heavy (non-hydrogen) atoms. The topological polar surface area (TPSA) is 72.9 Å². The van der Waals surface area contributed by atoms with E-state index in [-0.39, 0.29) is 18.4 Å². The van der Waals surface area contributed by atoms with Crippen LogP contribution in [0, 0.1) is 5.92 Å². The minimum absolute atomic E-state index is 0.0188. The van der Waals surface area contributed by atoms with Gasteiger partial charge in [-0.25, -0.2) is 9.59 Å². The van der Waals surface area contributed by atoms with Crippen LogP contribution in [-0.4, -0.2) is 50.1 Å². The van der Waals surface area contributed by atoms with Crippen molar-refractivity contribution in [2.24, 2.45) is 5.92 Å². The second-order valence-corrected chi connectivity index (χ2v) is 3.73. The highest BCUT2D eigenvalue weighted by molar-refractivity contribution is 5.91. The lowest BCUT2D eigenvalue weighted by molar-refractivity contribution is -0.142. The molecule has 0 spiro atoms. The Bertz CT molecular complexity index is 350. The van der Waals surface area contributed by atoms with Crippen LogP contribution in [0.3, 0.4) is 0 Å². The zero-order valence-electron chi connectivity index (χ0n) is 9.84. The van der Waals surface area contributed by atoms with Crippen LogP contribution in [0.25, 0.3) is 0 Å². The van der Waals surface area contributed by atoms with E-state index in [9.17, 15) is 14.4 Å². The van der Waals surface area contributed by atoms with Crippen molar-refractivity contribution in [3.8, 4) is 0 Å². The Morgan fingerprint density at radius 1 is 1.41 bits per heavy atom. The highest BCUT2D eigenvalue weighted by Gasteiger charge is 2.29. The van der Waals surface area contributed by atoms with Gasteiger partial charge in [0, 0.05) is 25.7 Å². The van der Waals surface area contributed by atoms with Crippen LogP contribution < -0.4 is 0 Å². The second kappa shape index (κ2) is 6.03. The van der Waals surface area contributed by atoms with Gasteiger partial charge in [-0.1, -0.05) is 0 Å². The molecule has 0 aromatic carbocycles. The van der Waals surface area contributed by atoms with E-state index in [0.717, 1.165) is 12.2 Å². The standard InChI is InChI=1S/C11H15NO5/c1-12-6-5-8(11(12)15)7-17-10(14)4-3-9(13)16-2/h3-4,8H,5-7H2,1-2H3/b4-3+. The SMILES string of the molecule is COC(=O)/C=C/C(=O)OCC1CCN(C)C1=O. The van der Waals surface area contributed by atoms with Gasteiger partial charge in [-0.2, -0.15) is 0 Å². The number of amides is 1. The Kier molecular flexibility index (Phi) is 4.68. The van der Waals surface area contributed by atoms with Crippen molar-refractivity contribution in [2.45, 2.75) is 6.42 Å². The van der Waals surface area contributed by atoms with Crippen molar-refractivity contribution in [2.75, 3.05) is 27.3 Å². The van der Waals surface area contributed by atoms with E-state index in [1.807, 2.05) is 0 Å². The summed E-state index contributed by atoms with van der Waals surface area (Å²) in [5, 5.41) is 0. The Morgan fingerprint density at radius 3 is 2.59 bits per heavy atom. The van der Waals surface area contributed by atoms with Crippen molar-refractivity contribution in [1.82, 2.24) is 4.90 Å². The molecule has 0 bridgehead atoms. The van der Waals surface area contributed by atoms with Gasteiger partial charge in [0.2, 0.25) is 5.91 Å². The lowest BCUT2D eigenvalue weighted by Crippen LogP contribution is -2.25. The van der Waals surface area contributed by atoms with Crippen LogP contribution in [0.1, 0.15) is 6.42 Å². The molecule has 6 heteroatoms. The van der Waals surface area contributed by atoms with E-state index in [1.165, 1.54) is 7.11 Å². The van der Waals surface area contributed by atoms with Gasteiger partial charge in [0.1, 0.15) is 6.61 Å². The number of esters is 2. The molecule has 1 atom stereocenters. The van der Waals surface area contributed by atoms with Crippen LogP contribution in [0.5, 0.6) is 0 Å².